The number of carboxylic acid groups (broad SMARTS) is 1. The van der Waals surface area contributed by atoms with Gasteiger partial charge < -0.3 is 14.7 Å². The SMILES string of the molecule is COc1cc(N2CCC(C(=O)O)C2=O)c(Br)cc1Br. The van der Waals surface area contributed by atoms with E-state index < -0.39 is 17.8 Å². The highest BCUT2D eigenvalue weighted by Gasteiger charge is 2.38. The lowest BCUT2D eigenvalue weighted by Crippen LogP contribution is -2.30. The minimum absolute atomic E-state index is 0.318. The fraction of sp³-hybridized carbons (Fsp3) is 0.333. The molecule has 1 atom stereocenters. The standard InChI is InChI=1S/C12H11Br2NO4/c1-19-10-5-9(7(13)4-8(10)14)15-3-2-6(11(15)16)12(17)18/h4-6H,2-3H2,1H3,(H,17,18). The van der Waals surface area contributed by atoms with Gasteiger partial charge in [-0.3, -0.25) is 9.59 Å². The molecule has 1 aromatic carbocycles. The van der Waals surface area contributed by atoms with Crippen LogP contribution in [0.5, 0.6) is 5.75 Å². The normalized spacial score (nSPS) is 18.8. The van der Waals surface area contributed by atoms with E-state index in [9.17, 15) is 9.59 Å². The van der Waals surface area contributed by atoms with Gasteiger partial charge in [-0.1, -0.05) is 0 Å². The van der Waals surface area contributed by atoms with Crippen LogP contribution in [0.3, 0.4) is 0 Å². The molecule has 0 aliphatic carbocycles. The van der Waals surface area contributed by atoms with E-state index in [0.717, 1.165) is 4.47 Å². The quantitative estimate of drug-likeness (QED) is 0.803. The molecule has 0 spiro atoms. The summed E-state index contributed by atoms with van der Waals surface area (Å²) < 4.78 is 6.65. The van der Waals surface area contributed by atoms with Crippen LogP contribution in [-0.2, 0) is 9.59 Å². The summed E-state index contributed by atoms with van der Waals surface area (Å²) in [6.45, 7) is 0.388. The molecule has 1 fully saturated rings. The number of carboxylic acids is 1. The number of anilines is 1. The molecule has 1 saturated heterocycles. The molecule has 0 aromatic heterocycles. The van der Waals surface area contributed by atoms with Gasteiger partial charge in [-0.25, -0.2) is 0 Å². The second kappa shape index (κ2) is 5.50. The van der Waals surface area contributed by atoms with Gasteiger partial charge in [0.05, 0.1) is 17.3 Å². The first kappa shape index (κ1) is 14.3. The number of rotatable bonds is 3. The summed E-state index contributed by atoms with van der Waals surface area (Å²) >= 11 is 6.73. The average Bonchev–Trinajstić information content (AvgIpc) is 2.71. The molecule has 0 radical (unpaired) electrons. The Hall–Kier alpha value is -1.08. The monoisotopic (exact) mass is 391 g/mol. The zero-order chi connectivity index (χ0) is 14.2. The second-order valence-corrected chi connectivity index (χ2v) is 5.82. The summed E-state index contributed by atoms with van der Waals surface area (Å²) in [5.41, 5.74) is 0.619. The first-order valence-electron chi connectivity index (χ1n) is 5.53. The molecule has 0 bridgehead atoms. The summed E-state index contributed by atoms with van der Waals surface area (Å²) in [4.78, 5) is 24.5. The molecular formula is C12H11Br2NO4. The van der Waals surface area contributed by atoms with Crippen molar-refractivity contribution in [1.82, 2.24) is 0 Å². The minimum atomic E-state index is -1.08. The lowest BCUT2D eigenvalue weighted by Gasteiger charge is -2.19. The third-order valence-electron chi connectivity index (χ3n) is 3.02. The predicted octanol–water partition coefficient (Wildman–Crippen LogP) is 2.66. The van der Waals surface area contributed by atoms with Crippen LogP contribution in [0.25, 0.3) is 0 Å². The van der Waals surface area contributed by atoms with Crippen LogP contribution < -0.4 is 9.64 Å². The van der Waals surface area contributed by atoms with E-state index in [1.54, 1.807) is 12.1 Å². The van der Waals surface area contributed by atoms with E-state index in [0.29, 0.717) is 28.9 Å². The summed E-state index contributed by atoms with van der Waals surface area (Å²) in [5.74, 6) is -1.84. The van der Waals surface area contributed by atoms with Crippen LogP contribution in [0.4, 0.5) is 5.69 Å². The molecule has 1 aliphatic rings. The number of amides is 1. The van der Waals surface area contributed by atoms with E-state index in [1.807, 2.05) is 0 Å². The zero-order valence-corrected chi connectivity index (χ0v) is 13.2. The first-order valence-corrected chi connectivity index (χ1v) is 7.11. The number of aliphatic carboxylic acids is 1. The molecule has 1 N–H and O–H groups in total. The summed E-state index contributed by atoms with van der Waals surface area (Å²) in [7, 11) is 1.53. The number of nitrogens with zero attached hydrogens (tertiary/aromatic N) is 1. The molecule has 19 heavy (non-hydrogen) atoms. The molecule has 1 unspecified atom stereocenters. The number of carbonyl (C=O) groups is 2. The second-order valence-electron chi connectivity index (χ2n) is 4.11. The number of methoxy groups -OCH3 is 1. The highest BCUT2D eigenvalue weighted by Crippen LogP contribution is 2.38. The van der Waals surface area contributed by atoms with Crippen LogP contribution in [0.2, 0.25) is 0 Å². The van der Waals surface area contributed by atoms with Gasteiger partial charge in [0.15, 0.2) is 0 Å². The molecule has 1 amide bonds. The maximum absolute atomic E-state index is 12.1. The molecule has 102 valence electrons. The van der Waals surface area contributed by atoms with Gasteiger partial charge in [0.2, 0.25) is 5.91 Å². The number of halogens is 2. The number of benzene rings is 1. The molecule has 1 aliphatic heterocycles. The van der Waals surface area contributed by atoms with Crippen molar-refractivity contribution in [2.24, 2.45) is 5.92 Å². The minimum Gasteiger partial charge on any atom is -0.495 e. The maximum Gasteiger partial charge on any atom is 0.316 e. The van der Waals surface area contributed by atoms with Crippen LogP contribution in [0.1, 0.15) is 6.42 Å². The van der Waals surface area contributed by atoms with Crippen molar-refractivity contribution >= 4 is 49.4 Å². The zero-order valence-electron chi connectivity index (χ0n) is 10.0. The van der Waals surface area contributed by atoms with Crippen LogP contribution in [0, 0.1) is 5.92 Å². The smallest absolute Gasteiger partial charge is 0.316 e. The Kier molecular flexibility index (Phi) is 4.15. The maximum atomic E-state index is 12.1. The van der Waals surface area contributed by atoms with Crippen molar-refractivity contribution in [3.63, 3.8) is 0 Å². The van der Waals surface area contributed by atoms with Gasteiger partial charge >= 0.3 is 5.97 Å². The molecule has 7 heteroatoms. The van der Waals surface area contributed by atoms with Crippen molar-refractivity contribution in [2.75, 3.05) is 18.6 Å². The Morgan fingerprint density at radius 2 is 2.11 bits per heavy atom. The number of hydrogen-bond acceptors (Lipinski definition) is 3. The lowest BCUT2D eigenvalue weighted by atomic mass is 10.1. The Morgan fingerprint density at radius 3 is 2.63 bits per heavy atom. The Labute approximate surface area is 126 Å². The third kappa shape index (κ3) is 2.62. The largest absolute Gasteiger partial charge is 0.495 e. The number of carbonyl (C=O) groups excluding carboxylic acids is 1. The predicted molar refractivity (Wildman–Crippen MR) is 76.5 cm³/mol. The average molecular weight is 393 g/mol. The summed E-state index contributed by atoms with van der Waals surface area (Å²) in [6, 6.07) is 3.48. The fourth-order valence-electron chi connectivity index (χ4n) is 2.03. The van der Waals surface area contributed by atoms with E-state index >= 15 is 0 Å². The first-order chi connectivity index (χ1) is 8.95. The number of ether oxygens (including phenoxy) is 1. The van der Waals surface area contributed by atoms with Crippen molar-refractivity contribution < 1.29 is 19.4 Å². The van der Waals surface area contributed by atoms with Crippen LogP contribution in [-0.4, -0.2) is 30.6 Å². The van der Waals surface area contributed by atoms with E-state index in [1.165, 1.54) is 12.0 Å². The summed E-state index contributed by atoms with van der Waals surface area (Å²) in [5, 5.41) is 8.97. The van der Waals surface area contributed by atoms with Gasteiger partial charge in [-0.05, 0) is 44.3 Å². The van der Waals surface area contributed by atoms with Crippen molar-refractivity contribution in [3.05, 3.63) is 21.1 Å². The molecule has 1 heterocycles. The van der Waals surface area contributed by atoms with Crippen molar-refractivity contribution in [3.8, 4) is 5.75 Å². The van der Waals surface area contributed by atoms with Gasteiger partial charge in [-0.15, -0.1) is 0 Å². The molecule has 1 aromatic rings. The molecular weight excluding hydrogens is 382 g/mol. The highest BCUT2D eigenvalue weighted by atomic mass is 79.9. The van der Waals surface area contributed by atoms with E-state index in [4.69, 9.17) is 9.84 Å². The third-order valence-corrected chi connectivity index (χ3v) is 4.27. The molecule has 5 nitrogen and oxygen atoms in total. The Bertz CT molecular complexity index is 547. The van der Waals surface area contributed by atoms with Crippen molar-refractivity contribution in [2.45, 2.75) is 6.42 Å². The van der Waals surface area contributed by atoms with E-state index in [2.05, 4.69) is 31.9 Å². The van der Waals surface area contributed by atoms with Crippen LogP contribution in [0.15, 0.2) is 21.1 Å². The van der Waals surface area contributed by atoms with Gasteiger partial charge in [0, 0.05) is 17.1 Å². The van der Waals surface area contributed by atoms with Gasteiger partial charge in [0.1, 0.15) is 11.7 Å². The number of hydrogen-bond donors (Lipinski definition) is 1. The van der Waals surface area contributed by atoms with E-state index in [-0.39, 0.29) is 0 Å². The Balaban J connectivity index is 2.38. The topological polar surface area (TPSA) is 66.8 Å². The van der Waals surface area contributed by atoms with Crippen LogP contribution >= 0.6 is 31.9 Å². The Morgan fingerprint density at radius 1 is 1.42 bits per heavy atom. The summed E-state index contributed by atoms with van der Waals surface area (Å²) in [6.07, 6.45) is 0.318. The molecule has 0 saturated carbocycles. The lowest BCUT2D eigenvalue weighted by molar-refractivity contribution is -0.144. The highest BCUT2D eigenvalue weighted by molar-refractivity contribution is 9.11. The fourth-order valence-corrected chi connectivity index (χ4v) is 3.40. The molecule has 2 rings (SSSR count). The van der Waals surface area contributed by atoms with Gasteiger partial charge in [0.25, 0.3) is 0 Å². The van der Waals surface area contributed by atoms with Crippen molar-refractivity contribution in [1.29, 1.82) is 0 Å². The van der Waals surface area contributed by atoms with Gasteiger partial charge in [-0.2, -0.15) is 0 Å².